The average Bonchev–Trinajstić information content (AvgIpc) is 2.41. The highest BCUT2D eigenvalue weighted by atomic mass is 35.5. The standard InChI is InChI=1S/C14H11ClF2N2O/c15-10-3-1-2-9(13(10)17)7-19-12-6-8(14(18)20)4-5-11(12)16/h1-6,19H,7H2,(H2,18,20). The highest BCUT2D eigenvalue weighted by Gasteiger charge is 2.09. The van der Waals surface area contributed by atoms with Gasteiger partial charge in [0.1, 0.15) is 11.6 Å². The molecule has 0 heterocycles. The van der Waals surface area contributed by atoms with Gasteiger partial charge in [-0.3, -0.25) is 4.79 Å². The summed E-state index contributed by atoms with van der Waals surface area (Å²) < 4.78 is 27.3. The van der Waals surface area contributed by atoms with E-state index in [2.05, 4.69) is 5.32 Å². The van der Waals surface area contributed by atoms with Gasteiger partial charge >= 0.3 is 0 Å². The molecule has 0 saturated heterocycles. The third-order valence-corrected chi connectivity index (χ3v) is 3.04. The van der Waals surface area contributed by atoms with Crippen molar-refractivity contribution in [2.75, 3.05) is 5.32 Å². The van der Waals surface area contributed by atoms with Crippen molar-refractivity contribution in [2.45, 2.75) is 6.54 Å². The summed E-state index contributed by atoms with van der Waals surface area (Å²) in [6.45, 7) is 0.0333. The van der Waals surface area contributed by atoms with Crippen LogP contribution in [0.4, 0.5) is 14.5 Å². The fourth-order valence-electron chi connectivity index (χ4n) is 1.69. The highest BCUT2D eigenvalue weighted by molar-refractivity contribution is 6.30. The van der Waals surface area contributed by atoms with Crippen molar-refractivity contribution in [1.82, 2.24) is 0 Å². The van der Waals surface area contributed by atoms with Crippen LogP contribution in [0.1, 0.15) is 15.9 Å². The van der Waals surface area contributed by atoms with Crippen molar-refractivity contribution in [3.63, 3.8) is 0 Å². The zero-order valence-electron chi connectivity index (χ0n) is 10.3. The van der Waals surface area contributed by atoms with Crippen LogP contribution in [-0.2, 0) is 6.54 Å². The van der Waals surface area contributed by atoms with E-state index in [4.69, 9.17) is 17.3 Å². The van der Waals surface area contributed by atoms with Crippen LogP contribution in [-0.4, -0.2) is 5.91 Å². The number of primary amides is 1. The zero-order chi connectivity index (χ0) is 14.7. The van der Waals surface area contributed by atoms with E-state index in [1.165, 1.54) is 24.3 Å². The van der Waals surface area contributed by atoms with E-state index in [9.17, 15) is 13.6 Å². The van der Waals surface area contributed by atoms with E-state index < -0.39 is 17.5 Å². The normalized spacial score (nSPS) is 10.3. The lowest BCUT2D eigenvalue weighted by Crippen LogP contribution is -2.12. The molecule has 6 heteroatoms. The van der Waals surface area contributed by atoms with Crippen molar-refractivity contribution in [1.29, 1.82) is 0 Å². The van der Waals surface area contributed by atoms with Gasteiger partial charge in [-0.15, -0.1) is 0 Å². The summed E-state index contributed by atoms with van der Waals surface area (Å²) in [5, 5.41) is 2.71. The predicted octanol–water partition coefficient (Wildman–Crippen LogP) is 3.33. The molecule has 2 aromatic rings. The molecule has 0 aromatic heterocycles. The van der Waals surface area contributed by atoms with E-state index >= 15 is 0 Å². The van der Waals surface area contributed by atoms with E-state index in [-0.39, 0.29) is 22.8 Å². The minimum atomic E-state index is -0.665. The second-order valence-corrected chi connectivity index (χ2v) is 4.53. The van der Waals surface area contributed by atoms with Crippen LogP contribution in [0.5, 0.6) is 0 Å². The molecule has 1 amide bonds. The molecule has 0 radical (unpaired) electrons. The molecule has 0 aliphatic rings. The number of hydrogen-bond donors (Lipinski definition) is 2. The molecule has 2 aromatic carbocycles. The molecule has 0 atom stereocenters. The molecule has 3 N–H and O–H groups in total. The SMILES string of the molecule is NC(=O)c1ccc(F)c(NCc2cccc(Cl)c2F)c1. The lowest BCUT2D eigenvalue weighted by molar-refractivity contribution is 0.100. The summed E-state index contributed by atoms with van der Waals surface area (Å²) in [5.41, 5.74) is 5.65. The minimum absolute atomic E-state index is 0.00402. The first kappa shape index (κ1) is 14.3. The third-order valence-electron chi connectivity index (χ3n) is 2.75. The number of benzene rings is 2. The van der Waals surface area contributed by atoms with Crippen molar-refractivity contribution in [2.24, 2.45) is 5.73 Å². The monoisotopic (exact) mass is 296 g/mol. The average molecular weight is 297 g/mol. The Hall–Kier alpha value is -2.14. The van der Waals surface area contributed by atoms with Crippen LogP contribution < -0.4 is 11.1 Å². The van der Waals surface area contributed by atoms with E-state index in [0.717, 1.165) is 6.07 Å². The molecule has 2 rings (SSSR count). The van der Waals surface area contributed by atoms with Gasteiger partial charge in [0, 0.05) is 17.7 Å². The number of rotatable bonds is 4. The van der Waals surface area contributed by atoms with E-state index in [1.54, 1.807) is 6.07 Å². The number of carbonyl (C=O) groups excluding carboxylic acids is 1. The second-order valence-electron chi connectivity index (χ2n) is 4.13. The van der Waals surface area contributed by atoms with Crippen molar-refractivity contribution >= 4 is 23.2 Å². The van der Waals surface area contributed by atoms with E-state index in [0.29, 0.717) is 5.56 Å². The van der Waals surface area contributed by atoms with Crippen LogP contribution in [0, 0.1) is 11.6 Å². The van der Waals surface area contributed by atoms with Gasteiger partial charge in [-0.2, -0.15) is 0 Å². The van der Waals surface area contributed by atoms with Gasteiger partial charge in [0.2, 0.25) is 5.91 Å². The van der Waals surface area contributed by atoms with Crippen LogP contribution in [0.3, 0.4) is 0 Å². The first-order valence-electron chi connectivity index (χ1n) is 5.75. The molecule has 0 saturated carbocycles. The smallest absolute Gasteiger partial charge is 0.248 e. The number of nitrogens with one attached hydrogen (secondary N) is 1. The summed E-state index contributed by atoms with van der Waals surface area (Å²) in [4.78, 5) is 11.0. The third kappa shape index (κ3) is 3.05. The second kappa shape index (κ2) is 5.88. The number of halogens is 3. The van der Waals surface area contributed by atoms with Crippen molar-refractivity contribution < 1.29 is 13.6 Å². The van der Waals surface area contributed by atoms with Crippen LogP contribution in [0.2, 0.25) is 5.02 Å². The lowest BCUT2D eigenvalue weighted by atomic mass is 10.1. The largest absolute Gasteiger partial charge is 0.378 e. The number of nitrogens with two attached hydrogens (primary N) is 1. The first-order chi connectivity index (χ1) is 9.49. The molecule has 20 heavy (non-hydrogen) atoms. The summed E-state index contributed by atoms with van der Waals surface area (Å²) in [6, 6.07) is 8.23. The fraction of sp³-hybridized carbons (Fsp3) is 0.0714. The lowest BCUT2D eigenvalue weighted by Gasteiger charge is -2.10. The molecule has 0 bridgehead atoms. The Morgan fingerprint density at radius 1 is 1.25 bits per heavy atom. The zero-order valence-corrected chi connectivity index (χ0v) is 11.0. The van der Waals surface area contributed by atoms with Gasteiger partial charge in [0.15, 0.2) is 0 Å². The molecule has 0 spiro atoms. The summed E-state index contributed by atoms with van der Waals surface area (Å²) in [6.07, 6.45) is 0. The Morgan fingerprint density at radius 2 is 2.00 bits per heavy atom. The molecule has 0 unspecified atom stereocenters. The van der Waals surface area contributed by atoms with Crippen molar-refractivity contribution in [3.05, 3.63) is 64.2 Å². The van der Waals surface area contributed by atoms with Crippen LogP contribution in [0.25, 0.3) is 0 Å². The molecular formula is C14H11ClF2N2O. The number of amides is 1. The Balaban J connectivity index is 2.20. The first-order valence-corrected chi connectivity index (χ1v) is 6.13. The predicted molar refractivity (Wildman–Crippen MR) is 73.7 cm³/mol. The minimum Gasteiger partial charge on any atom is -0.378 e. The summed E-state index contributed by atoms with van der Waals surface area (Å²) in [7, 11) is 0. The highest BCUT2D eigenvalue weighted by Crippen LogP contribution is 2.21. The maximum atomic E-state index is 13.7. The van der Waals surface area contributed by atoms with Crippen LogP contribution in [0.15, 0.2) is 36.4 Å². The van der Waals surface area contributed by atoms with Crippen molar-refractivity contribution in [3.8, 4) is 0 Å². The van der Waals surface area contributed by atoms with Gasteiger partial charge in [-0.1, -0.05) is 23.7 Å². The number of carbonyl (C=O) groups is 1. The number of hydrogen-bond acceptors (Lipinski definition) is 2. The van der Waals surface area contributed by atoms with Gasteiger partial charge in [0.05, 0.1) is 10.7 Å². The summed E-state index contributed by atoms with van der Waals surface area (Å²) in [5.74, 6) is -1.78. The topological polar surface area (TPSA) is 55.1 Å². The Labute approximate surface area is 119 Å². The van der Waals surface area contributed by atoms with Gasteiger partial charge in [0.25, 0.3) is 0 Å². The Bertz CT molecular complexity index is 662. The molecule has 104 valence electrons. The van der Waals surface area contributed by atoms with Gasteiger partial charge in [-0.05, 0) is 24.3 Å². The number of anilines is 1. The van der Waals surface area contributed by atoms with Gasteiger partial charge < -0.3 is 11.1 Å². The molecule has 3 nitrogen and oxygen atoms in total. The van der Waals surface area contributed by atoms with Gasteiger partial charge in [-0.25, -0.2) is 8.78 Å². The maximum Gasteiger partial charge on any atom is 0.248 e. The van der Waals surface area contributed by atoms with Crippen LogP contribution >= 0.6 is 11.6 Å². The Kier molecular flexibility index (Phi) is 4.20. The maximum absolute atomic E-state index is 13.7. The summed E-state index contributed by atoms with van der Waals surface area (Å²) >= 11 is 5.66. The van der Waals surface area contributed by atoms with E-state index in [1.807, 2.05) is 0 Å². The molecule has 0 fully saturated rings. The quantitative estimate of drug-likeness (QED) is 0.909. The Morgan fingerprint density at radius 3 is 2.70 bits per heavy atom. The molecule has 0 aliphatic carbocycles. The fourth-order valence-corrected chi connectivity index (χ4v) is 1.88. The molecule has 0 aliphatic heterocycles. The molecular weight excluding hydrogens is 286 g/mol.